The molecule has 0 aromatic carbocycles. The molecule has 0 aliphatic heterocycles. The summed E-state index contributed by atoms with van der Waals surface area (Å²) < 4.78 is 46.6. The monoisotopic (exact) mass is 302 g/mol. The third kappa shape index (κ3) is 3.15. The third-order valence-corrected chi connectivity index (χ3v) is 2.57. The van der Waals surface area contributed by atoms with Gasteiger partial charge in [-0.15, -0.1) is 0 Å². The molecule has 2 heterocycles. The maximum Gasteiger partial charge on any atom is 0.450 e. The molecular formula is C11H9F3N4O3. The van der Waals surface area contributed by atoms with Crippen LogP contribution in [0.4, 0.5) is 13.2 Å². The molecule has 0 amide bonds. The lowest BCUT2D eigenvalue weighted by Gasteiger charge is -2.08. The molecule has 0 saturated heterocycles. The molecule has 0 fully saturated rings. The zero-order valence-corrected chi connectivity index (χ0v) is 10.9. The van der Waals surface area contributed by atoms with Crippen LogP contribution in [0.15, 0.2) is 16.9 Å². The predicted octanol–water partition coefficient (Wildman–Crippen LogP) is 1.77. The Hall–Kier alpha value is -2.52. The predicted molar refractivity (Wildman–Crippen MR) is 61.4 cm³/mol. The number of aromatic nitrogens is 4. The van der Waals surface area contributed by atoms with Crippen molar-refractivity contribution < 1.29 is 27.2 Å². The lowest BCUT2D eigenvalue weighted by atomic mass is 10.1. The van der Waals surface area contributed by atoms with Gasteiger partial charge in [0.1, 0.15) is 17.9 Å². The average molecular weight is 302 g/mol. The molecule has 0 bridgehead atoms. The van der Waals surface area contributed by atoms with E-state index in [1.165, 1.54) is 19.5 Å². The van der Waals surface area contributed by atoms with Gasteiger partial charge in [-0.2, -0.15) is 18.2 Å². The highest BCUT2D eigenvalue weighted by atomic mass is 19.4. The number of Topliss-reactive ketones (excluding diaryl/α,β-unsaturated/α-hetero) is 1. The van der Waals surface area contributed by atoms with E-state index < -0.39 is 23.8 Å². The molecule has 0 aliphatic rings. The summed E-state index contributed by atoms with van der Waals surface area (Å²) in [6.07, 6.45) is -3.79. The van der Waals surface area contributed by atoms with Crippen LogP contribution in [0.25, 0.3) is 11.5 Å². The summed E-state index contributed by atoms with van der Waals surface area (Å²) >= 11 is 0. The van der Waals surface area contributed by atoms with Gasteiger partial charge in [0.25, 0.3) is 0 Å². The van der Waals surface area contributed by atoms with Crippen LogP contribution in [0, 0.1) is 0 Å². The van der Waals surface area contributed by atoms with E-state index in [0.29, 0.717) is 0 Å². The number of ether oxygens (including phenoxy) is 1. The van der Waals surface area contributed by atoms with Crippen molar-refractivity contribution >= 4 is 5.78 Å². The summed E-state index contributed by atoms with van der Waals surface area (Å²) in [4.78, 5) is 22.5. The van der Waals surface area contributed by atoms with Crippen LogP contribution in [-0.2, 0) is 4.79 Å². The molecule has 112 valence electrons. The zero-order valence-electron chi connectivity index (χ0n) is 10.9. The number of carbonyl (C=O) groups is 1. The normalized spacial score (nSPS) is 13.0. The Balaban J connectivity index is 2.27. The molecule has 0 N–H and O–H groups in total. The minimum Gasteiger partial charge on any atom is -0.481 e. The maximum absolute atomic E-state index is 12.3. The van der Waals surface area contributed by atoms with Crippen LogP contribution in [0.5, 0.6) is 5.88 Å². The van der Waals surface area contributed by atoms with Crippen LogP contribution < -0.4 is 4.74 Å². The van der Waals surface area contributed by atoms with Gasteiger partial charge in [0.05, 0.1) is 7.11 Å². The fourth-order valence-electron chi connectivity index (χ4n) is 1.45. The Morgan fingerprint density at radius 1 is 1.38 bits per heavy atom. The smallest absolute Gasteiger partial charge is 0.450 e. The van der Waals surface area contributed by atoms with Crippen LogP contribution in [0.3, 0.4) is 0 Å². The fourth-order valence-corrected chi connectivity index (χ4v) is 1.45. The van der Waals surface area contributed by atoms with Crippen molar-refractivity contribution in [2.45, 2.75) is 19.0 Å². The highest BCUT2D eigenvalue weighted by Crippen LogP contribution is 2.27. The standard InChI is InChI=1S/C11H9F3N4O3/c1-5(8(19)11(12,13)14)10-17-9(18-21-10)6-3-7(20-2)16-4-15-6/h3-5H,1-2H3. The summed E-state index contributed by atoms with van der Waals surface area (Å²) in [5.41, 5.74) is 0.198. The topological polar surface area (TPSA) is 91.0 Å². The van der Waals surface area contributed by atoms with Gasteiger partial charge in [-0.3, -0.25) is 4.79 Å². The van der Waals surface area contributed by atoms with E-state index in [2.05, 4.69) is 24.6 Å². The number of rotatable bonds is 4. The molecule has 2 aromatic rings. The van der Waals surface area contributed by atoms with Crippen molar-refractivity contribution in [1.29, 1.82) is 0 Å². The molecule has 2 rings (SSSR count). The van der Waals surface area contributed by atoms with Gasteiger partial charge in [-0.05, 0) is 6.92 Å². The zero-order chi connectivity index (χ0) is 15.6. The largest absolute Gasteiger partial charge is 0.481 e. The van der Waals surface area contributed by atoms with Gasteiger partial charge in [0.2, 0.25) is 23.4 Å². The highest BCUT2D eigenvalue weighted by molar-refractivity contribution is 5.89. The Morgan fingerprint density at radius 3 is 2.71 bits per heavy atom. The Kier molecular flexibility index (Phi) is 3.87. The van der Waals surface area contributed by atoms with Crippen molar-refractivity contribution in [3.8, 4) is 17.4 Å². The molecule has 0 aliphatic carbocycles. The van der Waals surface area contributed by atoms with Gasteiger partial charge in [-0.25, -0.2) is 9.97 Å². The van der Waals surface area contributed by atoms with Gasteiger partial charge in [0.15, 0.2) is 0 Å². The molecule has 7 nitrogen and oxygen atoms in total. The van der Waals surface area contributed by atoms with E-state index in [1.807, 2.05) is 0 Å². The molecule has 21 heavy (non-hydrogen) atoms. The second-order valence-corrected chi connectivity index (χ2v) is 3.99. The van der Waals surface area contributed by atoms with E-state index in [9.17, 15) is 18.0 Å². The molecule has 0 radical (unpaired) electrons. The fraction of sp³-hybridized carbons (Fsp3) is 0.364. The third-order valence-electron chi connectivity index (χ3n) is 2.57. The summed E-state index contributed by atoms with van der Waals surface area (Å²) in [6.45, 7) is 1.04. The number of hydrogen-bond acceptors (Lipinski definition) is 7. The molecule has 2 aromatic heterocycles. The summed E-state index contributed by atoms with van der Waals surface area (Å²) in [5, 5.41) is 3.50. The Morgan fingerprint density at radius 2 is 2.10 bits per heavy atom. The minimum atomic E-state index is -4.97. The van der Waals surface area contributed by atoms with Gasteiger partial charge >= 0.3 is 6.18 Å². The number of carbonyl (C=O) groups excluding carboxylic acids is 1. The second-order valence-electron chi connectivity index (χ2n) is 3.99. The summed E-state index contributed by atoms with van der Waals surface area (Å²) in [6, 6.07) is 1.38. The van der Waals surface area contributed by atoms with Crippen molar-refractivity contribution in [2.75, 3.05) is 7.11 Å². The molecular weight excluding hydrogens is 293 g/mol. The first-order chi connectivity index (χ1) is 9.82. The summed E-state index contributed by atoms with van der Waals surface area (Å²) in [5.74, 6) is -3.82. The molecule has 0 spiro atoms. The molecule has 0 saturated carbocycles. The van der Waals surface area contributed by atoms with Crippen LogP contribution in [0.1, 0.15) is 18.7 Å². The molecule has 1 atom stereocenters. The Bertz CT molecular complexity index is 656. The highest BCUT2D eigenvalue weighted by Gasteiger charge is 2.44. The lowest BCUT2D eigenvalue weighted by molar-refractivity contribution is -0.172. The first kappa shape index (κ1) is 14.9. The van der Waals surface area contributed by atoms with E-state index in [-0.39, 0.29) is 17.4 Å². The maximum atomic E-state index is 12.3. The quantitative estimate of drug-likeness (QED) is 0.850. The number of halogens is 3. The van der Waals surface area contributed by atoms with E-state index in [4.69, 9.17) is 4.74 Å². The first-order valence-electron chi connectivity index (χ1n) is 5.64. The Labute approximate surface area is 116 Å². The number of nitrogens with zero attached hydrogens (tertiary/aromatic N) is 4. The number of hydrogen-bond donors (Lipinski definition) is 0. The van der Waals surface area contributed by atoms with E-state index >= 15 is 0 Å². The number of ketones is 1. The van der Waals surface area contributed by atoms with Crippen molar-refractivity contribution in [3.63, 3.8) is 0 Å². The molecule has 10 heteroatoms. The SMILES string of the molecule is COc1cc(-c2noc(C(C)C(=O)C(F)(F)F)n2)ncn1. The van der Waals surface area contributed by atoms with Crippen molar-refractivity contribution in [2.24, 2.45) is 0 Å². The van der Waals surface area contributed by atoms with Gasteiger partial charge < -0.3 is 9.26 Å². The van der Waals surface area contributed by atoms with Gasteiger partial charge in [-0.1, -0.05) is 5.16 Å². The minimum absolute atomic E-state index is 0.0625. The van der Waals surface area contributed by atoms with Crippen molar-refractivity contribution in [1.82, 2.24) is 20.1 Å². The lowest BCUT2D eigenvalue weighted by Crippen LogP contribution is -2.27. The van der Waals surface area contributed by atoms with Crippen LogP contribution in [-0.4, -0.2) is 39.2 Å². The van der Waals surface area contributed by atoms with Crippen molar-refractivity contribution in [3.05, 3.63) is 18.3 Å². The first-order valence-corrected chi connectivity index (χ1v) is 5.64. The van der Waals surface area contributed by atoms with Crippen LogP contribution in [0.2, 0.25) is 0 Å². The second kappa shape index (κ2) is 5.46. The van der Waals surface area contributed by atoms with E-state index in [1.54, 1.807) is 0 Å². The average Bonchev–Trinajstić information content (AvgIpc) is 2.94. The summed E-state index contributed by atoms with van der Waals surface area (Å²) in [7, 11) is 1.39. The van der Waals surface area contributed by atoms with E-state index in [0.717, 1.165) is 6.92 Å². The molecule has 1 unspecified atom stereocenters. The number of alkyl halides is 3. The van der Waals surface area contributed by atoms with Crippen LogP contribution >= 0.6 is 0 Å². The number of methoxy groups -OCH3 is 1. The van der Waals surface area contributed by atoms with Gasteiger partial charge in [0, 0.05) is 6.07 Å².